The number of hydrogen-bond acceptors (Lipinski definition) is 3. The van der Waals surface area contributed by atoms with Gasteiger partial charge in [0.2, 0.25) is 0 Å². The summed E-state index contributed by atoms with van der Waals surface area (Å²) in [5, 5.41) is 0. The van der Waals surface area contributed by atoms with Crippen molar-refractivity contribution in [2.45, 2.75) is 51.0 Å². The molecule has 0 aromatic carbocycles. The highest BCUT2D eigenvalue weighted by atomic mass is 16.5. The van der Waals surface area contributed by atoms with Gasteiger partial charge in [-0.2, -0.15) is 0 Å². The second-order valence-electron chi connectivity index (χ2n) is 6.34. The maximum absolute atomic E-state index is 11.9. The van der Waals surface area contributed by atoms with Crippen LogP contribution in [-0.2, 0) is 14.3 Å². The van der Waals surface area contributed by atoms with Gasteiger partial charge in [-0.3, -0.25) is 0 Å². The van der Waals surface area contributed by atoms with Crippen molar-refractivity contribution in [1.29, 1.82) is 0 Å². The highest BCUT2D eigenvalue weighted by molar-refractivity contribution is 5.91. The minimum absolute atomic E-state index is 0.200. The molecule has 1 saturated carbocycles. The number of carbonyl (C=O) groups is 1. The first-order valence-electron chi connectivity index (χ1n) is 7.82. The average Bonchev–Trinajstić information content (AvgIpc) is 2.90. The molecular formula is C17H24O3. The second-order valence-corrected chi connectivity index (χ2v) is 6.34. The van der Waals surface area contributed by atoms with Gasteiger partial charge >= 0.3 is 5.97 Å². The van der Waals surface area contributed by atoms with Crippen LogP contribution in [0.2, 0.25) is 0 Å². The molecule has 3 aliphatic rings. The molecule has 0 aromatic heterocycles. The number of rotatable bonds is 2. The van der Waals surface area contributed by atoms with Gasteiger partial charge in [0.15, 0.2) is 0 Å². The van der Waals surface area contributed by atoms with E-state index in [0.29, 0.717) is 18.9 Å². The standard InChI is InChI=1S/C17H24O3/c1-11-9-13(17(18)19-2)14-10-20-16(15(11)14)12-7-5-3-4-6-8-12/h12,15-16H,1,3-10H2,2H3/t15-,16-/m1/s1. The Kier molecular flexibility index (Phi) is 3.97. The number of esters is 1. The van der Waals surface area contributed by atoms with Crippen LogP contribution in [0.4, 0.5) is 0 Å². The largest absolute Gasteiger partial charge is 0.466 e. The fraction of sp³-hybridized carbons (Fsp3) is 0.706. The predicted molar refractivity (Wildman–Crippen MR) is 77.2 cm³/mol. The lowest BCUT2D eigenvalue weighted by atomic mass is 9.83. The summed E-state index contributed by atoms with van der Waals surface area (Å²) in [6.07, 6.45) is 8.77. The summed E-state index contributed by atoms with van der Waals surface area (Å²) < 4.78 is 11.0. The van der Waals surface area contributed by atoms with E-state index in [1.54, 1.807) is 0 Å². The highest BCUT2D eigenvalue weighted by Gasteiger charge is 2.45. The first-order chi connectivity index (χ1) is 9.72. The Bertz CT molecular complexity index is 441. The van der Waals surface area contributed by atoms with Gasteiger partial charge in [-0.05, 0) is 24.3 Å². The van der Waals surface area contributed by atoms with Crippen molar-refractivity contribution in [3.63, 3.8) is 0 Å². The van der Waals surface area contributed by atoms with E-state index in [-0.39, 0.29) is 18.0 Å². The zero-order valence-corrected chi connectivity index (χ0v) is 12.3. The summed E-state index contributed by atoms with van der Waals surface area (Å²) in [6.45, 7) is 4.80. The Labute approximate surface area is 121 Å². The van der Waals surface area contributed by atoms with Gasteiger partial charge in [-0.25, -0.2) is 4.79 Å². The Morgan fingerprint density at radius 2 is 1.95 bits per heavy atom. The van der Waals surface area contributed by atoms with Crippen LogP contribution >= 0.6 is 0 Å². The lowest BCUT2D eigenvalue weighted by Crippen LogP contribution is -2.26. The predicted octanol–water partition coefficient (Wildman–Crippen LogP) is 3.40. The lowest BCUT2D eigenvalue weighted by molar-refractivity contribution is -0.136. The highest BCUT2D eigenvalue weighted by Crippen LogP contribution is 2.47. The smallest absolute Gasteiger partial charge is 0.334 e. The summed E-state index contributed by atoms with van der Waals surface area (Å²) >= 11 is 0. The van der Waals surface area contributed by atoms with Crippen LogP contribution in [0.1, 0.15) is 44.9 Å². The molecule has 0 bridgehead atoms. The van der Waals surface area contributed by atoms with Gasteiger partial charge in [0.05, 0.1) is 19.8 Å². The van der Waals surface area contributed by atoms with Crippen molar-refractivity contribution in [3.8, 4) is 0 Å². The quantitative estimate of drug-likeness (QED) is 0.440. The maximum Gasteiger partial charge on any atom is 0.334 e. The molecule has 0 amide bonds. The fourth-order valence-electron chi connectivity index (χ4n) is 4.15. The van der Waals surface area contributed by atoms with Crippen LogP contribution in [0.5, 0.6) is 0 Å². The molecule has 1 saturated heterocycles. The molecule has 0 radical (unpaired) electrons. The Balaban J connectivity index is 1.81. The van der Waals surface area contributed by atoms with E-state index in [4.69, 9.17) is 9.47 Å². The van der Waals surface area contributed by atoms with E-state index in [1.807, 2.05) is 0 Å². The van der Waals surface area contributed by atoms with Crippen LogP contribution in [0.25, 0.3) is 0 Å². The molecule has 2 atom stereocenters. The minimum atomic E-state index is -0.200. The fourth-order valence-corrected chi connectivity index (χ4v) is 4.15. The number of ether oxygens (including phenoxy) is 2. The topological polar surface area (TPSA) is 35.5 Å². The number of methoxy groups -OCH3 is 1. The lowest BCUT2D eigenvalue weighted by Gasteiger charge is -2.26. The number of carbonyl (C=O) groups excluding carboxylic acids is 1. The average molecular weight is 276 g/mol. The maximum atomic E-state index is 11.9. The second kappa shape index (κ2) is 5.72. The summed E-state index contributed by atoms with van der Waals surface area (Å²) in [7, 11) is 1.45. The minimum Gasteiger partial charge on any atom is -0.466 e. The van der Waals surface area contributed by atoms with Crippen LogP contribution in [0.3, 0.4) is 0 Å². The van der Waals surface area contributed by atoms with Crippen LogP contribution in [0, 0.1) is 11.8 Å². The van der Waals surface area contributed by atoms with Crippen molar-refractivity contribution < 1.29 is 14.3 Å². The SMILES string of the molecule is C=C1CC(C(=O)OC)=C2CO[C@H](C3CCCCCC3)[C@H]12. The van der Waals surface area contributed by atoms with Gasteiger partial charge < -0.3 is 9.47 Å². The third-order valence-electron chi connectivity index (χ3n) is 5.16. The van der Waals surface area contributed by atoms with Crippen molar-refractivity contribution in [3.05, 3.63) is 23.3 Å². The Morgan fingerprint density at radius 1 is 1.25 bits per heavy atom. The third kappa shape index (κ3) is 2.32. The number of hydrogen-bond donors (Lipinski definition) is 0. The zero-order valence-electron chi connectivity index (χ0n) is 12.3. The molecule has 1 heterocycles. The summed E-state index contributed by atoms with van der Waals surface area (Å²) in [4.78, 5) is 11.9. The van der Waals surface area contributed by atoms with Crippen molar-refractivity contribution in [1.82, 2.24) is 0 Å². The summed E-state index contributed by atoms with van der Waals surface area (Å²) in [5.41, 5.74) is 3.10. The molecule has 0 aromatic rings. The normalized spacial score (nSPS) is 31.4. The van der Waals surface area contributed by atoms with Crippen LogP contribution in [-0.4, -0.2) is 25.8 Å². The van der Waals surface area contributed by atoms with Crippen molar-refractivity contribution in [2.24, 2.45) is 11.8 Å². The molecule has 2 fully saturated rings. The molecule has 3 heteroatoms. The van der Waals surface area contributed by atoms with E-state index >= 15 is 0 Å². The van der Waals surface area contributed by atoms with E-state index in [9.17, 15) is 4.79 Å². The molecule has 0 unspecified atom stereocenters. The molecule has 0 spiro atoms. The van der Waals surface area contributed by atoms with E-state index in [1.165, 1.54) is 45.6 Å². The monoisotopic (exact) mass is 276 g/mol. The van der Waals surface area contributed by atoms with E-state index in [2.05, 4.69) is 6.58 Å². The van der Waals surface area contributed by atoms with Gasteiger partial charge in [0, 0.05) is 17.9 Å². The molecule has 2 aliphatic carbocycles. The first-order valence-corrected chi connectivity index (χ1v) is 7.82. The Morgan fingerprint density at radius 3 is 2.60 bits per heavy atom. The molecule has 1 aliphatic heterocycles. The molecular weight excluding hydrogens is 252 g/mol. The molecule has 0 N–H and O–H groups in total. The van der Waals surface area contributed by atoms with Crippen molar-refractivity contribution >= 4 is 5.97 Å². The summed E-state index contributed by atoms with van der Waals surface area (Å²) in [6, 6.07) is 0. The zero-order chi connectivity index (χ0) is 14.1. The van der Waals surface area contributed by atoms with Crippen LogP contribution < -0.4 is 0 Å². The third-order valence-corrected chi connectivity index (χ3v) is 5.16. The van der Waals surface area contributed by atoms with Gasteiger partial charge in [-0.15, -0.1) is 0 Å². The van der Waals surface area contributed by atoms with Gasteiger partial charge in [0.25, 0.3) is 0 Å². The molecule has 3 rings (SSSR count). The van der Waals surface area contributed by atoms with E-state index < -0.39 is 0 Å². The number of fused-ring (bicyclic) bond motifs is 1. The van der Waals surface area contributed by atoms with Gasteiger partial charge in [0.1, 0.15) is 0 Å². The van der Waals surface area contributed by atoms with Crippen LogP contribution in [0.15, 0.2) is 23.3 Å². The first kappa shape index (κ1) is 13.9. The Hall–Kier alpha value is -1.09. The van der Waals surface area contributed by atoms with Gasteiger partial charge in [-0.1, -0.05) is 37.8 Å². The summed E-state index contributed by atoms with van der Waals surface area (Å²) in [5.74, 6) is 0.703. The van der Waals surface area contributed by atoms with E-state index in [0.717, 1.165) is 16.7 Å². The molecule has 3 nitrogen and oxygen atoms in total. The molecule has 20 heavy (non-hydrogen) atoms. The van der Waals surface area contributed by atoms with Crippen molar-refractivity contribution in [2.75, 3.05) is 13.7 Å². The molecule has 110 valence electrons.